The molecule has 1 aromatic rings. The lowest BCUT2D eigenvalue weighted by Crippen LogP contribution is -2.42. The van der Waals surface area contributed by atoms with Gasteiger partial charge in [0.2, 0.25) is 5.91 Å². The van der Waals surface area contributed by atoms with E-state index in [2.05, 4.69) is 10.6 Å². The summed E-state index contributed by atoms with van der Waals surface area (Å²) in [7, 11) is 0. The first kappa shape index (κ1) is 22.4. The van der Waals surface area contributed by atoms with Crippen LogP contribution < -0.4 is 10.6 Å². The highest BCUT2D eigenvalue weighted by atomic mass is 16.5. The zero-order valence-electron chi connectivity index (χ0n) is 17.1. The molecule has 1 heterocycles. The van der Waals surface area contributed by atoms with E-state index >= 15 is 0 Å². The SMILES string of the molecule is CC(C)CCNC(=O)NC(=O)COC(=O)[C@@H]1CC(=O)N([C@@H](C)c2ccccc2)C1. The van der Waals surface area contributed by atoms with Crippen molar-refractivity contribution in [2.24, 2.45) is 11.8 Å². The fourth-order valence-corrected chi connectivity index (χ4v) is 3.11. The summed E-state index contributed by atoms with van der Waals surface area (Å²) in [5.74, 6) is -1.64. The molecule has 1 aromatic carbocycles. The van der Waals surface area contributed by atoms with Gasteiger partial charge in [0.05, 0.1) is 12.0 Å². The van der Waals surface area contributed by atoms with E-state index in [0.29, 0.717) is 12.5 Å². The van der Waals surface area contributed by atoms with Crippen LogP contribution in [-0.2, 0) is 19.1 Å². The zero-order valence-corrected chi connectivity index (χ0v) is 17.1. The van der Waals surface area contributed by atoms with Crippen LogP contribution in [0.4, 0.5) is 4.79 Å². The van der Waals surface area contributed by atoms with E-state index < -0.39 is 30.4 Å². The number of benzene rings is 1. The minimum atomic E-state index is -0.709. The summed E-state index contributed by atoms with van der Waals surface area (Å²) in [5.41, 5.74) is 0.984. The molecule has 158 valence electrons. The van der Waals surface area contributed by atoms with E-state index in [9.17, 15) is 19.2 Å². The van der Waals surface area contributed by atoms with Crippen LogP contribution in [0.2, 0.25) is 0 Å². The second-order valence-corrected chi connectivity index (χ2v) is 7.63. The number of esters is 1. The Morgan fingerprint density at radius 1 is 1.17 bits per heavy atom. The van der Waals surface area contributed by atoms with Crippen LogP contribution in [0.1, 0.15) is 45.2 Å². The second kappa shape index (κ2) is 10.6. The van der Waals surface area contributed by atoms with Crippen LogP contribution in [0.3, 0.4) is 0 Å². The zero-order chi connectivity index (χ0) is 21.4. The summed E-state index contributed by atoms with van der Waals surface area (Å²) >= 11 is 0. The third-order valence-corrected chi connectivity index (χ3v) is 4.85. The molecule has 0 aromatic heterocycles. The van der Waals surface area contributed by atoms with Crippen molar-refractivity contribution >= 4 is 23.8 Å². The Kier molecular flexibility index (Phi) is 8.18. The summed E-state index contributed by atoms with van der Waals surface area (Å²) in [6.45, 7) is 6.10. The van der Waals surface area contributed by atoms with Crippen LogP contribution in [-0.4, -0.2) is 48.4 Å². The molecule has 0 saturated carbocycles. The Balaban J connectivity index is 1.76. The fraction of sp³-hybridized carbons (Fsp3) is 0.524. The largest absolute Gasteiger partial charge is 0.455 e. The molecule has 0 radical (unpaired) electrons. The van der Waals surface area contributed by atoms with Crippen LogP contribution in [0, 0.1) is 11.8 Å². The predicted octanol–water partition coefficient (Wildman–Crippen LogP) is 2.01. The van der Waals surface area contributed by atoms with Gasteiger partial charge in [-0.1, -0.05) is 44.2 Å². The van der Waals surface area contributed by atoms with Gasteiger partial charge in [-0.3, -0.25) is 19.7 Å². The Hall–Kier alpha value is -2.90. The fourth-order valence-electron chi connectivity index (χ4n) is 3.11. The number of nitrogens with zero attached hydrogens (tertiary/aromatic N) is 1. The summed E-state index contributed by atoms with van der Waals surface area (Å²) in [5, 5.41) is 4.68. The minimum Gasteiger partial charge on any atom is -0.455 e. The standard InChI is InChI=1S/C21H29N3O5/c1-14(2)9-10-22-21(28)23-18(25)13-29-20(27)17-11-19(26)24(12-17)15(3)16-7-5-4-6-8-16/h4-8,14-15,17H,9-13H2,1-3H3,(H2,22,23,25,28)/t15-,17+/m0/s1. The third-order valence-electron chi connectivity index (χ3n) is 4.85. The monoisotopic (exact) mass is 403 g/mol. The van der Waals surface area contributed by atoms with Gasteiger partial charge in [0.15, 0.2) is 6.61 Å². The Bertz CT molecular complexity index is 735. The van der Waals surface area contributed by atoms with E-state index in [1.165, 1.54) is 0 Å². The van der Waals surface area contributed by atoms with Crippen molar-refractivity contribution in [1.29, 1.82) is 0 Å². The molecule has 1 saturated heterocycles. The van der Waals surface area contributed by atoms with Crippen LogP contribution in [0.5, 0.6) is 0 Å². The lowest BCUT2D eigenvalue weighted by molar-refractivity contribution is -0.152. The van der Waals surface area contributed by atoms with Crippen molar-refractivity contribution in [3.8, 4) is 0 Å². The first-order valence-electron chi connectivity index (χ1n) is 9.86. The predicted molar refractivity (Wildman–Crippen MR) is 107 cm³/mol. The lowest BCUT2D eigenvalue weighted by Gasteiger charge is -2.25. The smallest absolute Gasteiger partial charge is 0.321 e. The maximum absolute atomic E-state index is 12.3. The van der Waals surface area contributed by atoms with Gasteiger partial charge in [-0.05, 0) is 24.8 Å². The lowest BCUT2D eigenvalue weighted by atomic mass is 10.1. The molecule has 2 rings (SSSR count). The average molecular weight is 403 g/mol. The van der Waals surface area contributed by atoms with Gasteiger partial charge in [-0.2, -0.15) is 0 Å². The molecule has 0 spiro atoms. The number of imide groups is 1. The van der Waals surface area contributed by atoms with Crippen molar-refractivity contribution < 1.29 is 23.9 Å². The van der Waals surface area contributed by atoms with Crippen LogP contribution in [0.15, 0.2) is 30.3 Å². The van der Waals surface area contributed by atoms with E-state index in [1.807, 2.05) is 51.1 Å². The summed E-state index contributed by atoms with van der Waals surface area (Å²) < 4.78 is 5.00. The maximum atomic E-state index is 12.3. The maximum Gasteiger partial charge on any atom is 0.321 e. The minimum absolute atomic E-state index is 0.0489. The molecule has 0 bridgehead atoms. The van der Waals surface area contributed by atoms with Crippen LogP contribution >= 0.6 is 0 Å². The molecule has 0 aliphatic carbocycles. The number of urea groups is 1. The topological polar surface area (TPSA) is 105 Å². The third kappa shape index (κ3) is 6.89. The number of ether oxygens (including phenoxy) is 1. The van der Waals surface area contributed by atoms with Crippen molar-refractivity contribution in [3.05, 3.63) is 35.9 Å². The van der Waals surface area contributed by atoms with Crippen molar-refractivity contribution in [1.82, 2.24) is 15.5 Å². The highest BCUT2D eigenvalue weighted by Crippen LogP contribution is 2.28. The van der Waals surface area contributed by atoms with E-state index in [4.69, 9.17) is 4.74 Å². The molecule has 29 heavy (non-hydrogen) atoms. The second-order valence-electron chi connectivity index (χ2n) is 7.63. The molecule has 8 heteroatoms. The van der Waals surface area contributed by atoms with E-state index in [0.717, 1.165) is 12.0 Å². The molecular weight excluding hydrogens is 374 g/mol. The first-order valence-corrected chi connectivity index (χ1v) is 9.86. The van der Waals surface area contributed by atoms with Crippen molar-refractivity contribution in [2.45, 2.75) is 39.7 Å². The van der Waals surface area contributed by atoms with E-state index in [1.54, 1.807) is 4.90 Å². The van der Waals surface area contributed by atoms with Crippen molar-refractivity contribution in [2.75, 3.05) is 19.7 Å². The number of amides is 4. The summed E-state index contributed by atoms with van der Waals surface area (Å²) in [6, 6.07) is 8.79. The number of hydrogen-bond acceptors (Lipinski definition) is 5. The Labute approximate surface area is 171 Å². The number of carbonyl (C=O) groups is 4. The molecule has 0 unspecified atom stereocenters. The highest BCUT2D eigenvalue weighted by Gasteiger charge is 2.38. The van der Waals surface area contributed by atoms with Gasteiger partial charge in [0.1, 0.15) is 0 Å². The Morgan fingerprint density at radius 2 is 1.86 bits per heavy atom. The molecule has 8 nitrogen and oxygen atoms in total. The van der Waals surface area contributed by atoms with Gasteiger partial charge in [-0.15, -0.1) is 0 Å². The van der Waals surface area contributed by atoms with Crippen LogP contribution in [0.25, 0.3) is 0 Å². The average Bonchev–Trinajstić information content (AvgIpc) is 3.07. The molecule has 4 amide bonds. The van der Waals surface area contributed by atoms with Gasteiger partial charge in [-0.25, -0.2) is 4.79 Å². The number of nitrogens with one attached hydrogen (secondary N) is 2. The first-order chi connectivity index (χ1) is 13.8. The number of carbonyl (C=O) groups excluding carboxylic acids is 4. The quantitative estimate of drug-likeness (QED) is 0.646. The normalized spacial score (nSPS) is 17.2. The Morgan fingerprint density at radius 3 is 2.52 bits per heavy atom. The number of rotatable bonds is 8. The van der Waals surface area contributed by atoms with Gasteiger partial charge in [0.25, 0.3) is 5.91 Å². The summed E-state index contributed by atoms with van der Waals surface area (Å²) in [4.78, 5) is 49.6. The summed E-state index contributed by atoms with van der Waals surface area (Å²) in [6.07, 6.45) is 0.845. The van der Waals surface area contributed by atoms with Gasteiger partial charge < -0.3 is 15.0 Å². The molecule has 1 fully saturated rings. The molecular formula is C21H29N3O5. The number of hydrogen-bond donors (Lipinski definition) is 2. The molecule has 2 N–H and O–H groups in total. The van der Waals surface area contributed by atoms with Gasteiger partial charge in [0, 0.05) is 19.5 Å². The van der Waals surface area contributed by atoms with E-state index in [-0.39, 0.29) is 24.9 Å². The molecule has 1 aliphatic rings. The molecule has 1 aliphatic heterocycles. The molecule has 2 atom stereocenters. The van der Waals surface area contributed by atoms with Gasteiger partial charge >= 0.3 is 12.0 Å². The number of likely N-dealkylation sites (tertiary alicyclic amines) is 1. The van der Waals surface area contributed by atoms with Crippen molar-refractivity contribution in [3.63, 3.8) is 0 Å². The highest BCUT2D eigenvalue weighted by molar-refractivity contribution is 5.96.